The molecule has 1 aliphatic carbocycles. The van der Waals surface area contributed by atoms with Crippen molar-refractivity contribution >= 4 is 11.9 Å². The Morgan fingerprint density at radius 3 is 2.57 bits per heavy atom. The first-order valence-corrected chi connectivity index (χ1v) is 4.84. The van der Waals surface area contributed by atoms with Crippen molar-refractivity contribution in [3.05, 3.63) is 0 Å². The maximum absolute atomic E-state index is 11.1. The third-order valence-electron chi connectivity index (χ3n) is 2.54. The van der Waals surface area contributed by atoms with E-state index in [2.05, 4.69) is 5.32 Å². The molecule has 0 aliphatic heterocycles. The standard InChI is InChI=1S/C9H16N2O3/c10-7(9(13)14)4-8(12)11-5-6-2-1-3-6/h6-7H,1-5,10H2,(H,11,12)(H,13,14). The Balaban J connectivity index is 2.11. The zero-order valence-corrected chi connectivity index (χ0v) is 8.03. The second-order valence-corrected chi connectivity index (χ2v) is 3.75. The first-order chi connectivity index (χ1) is 6.59. The Morgan fingerprint density at radius 1 is 1.50 bits per heavy atom. The van der Waals surface area contributed by atoms with Crippen LogP contribution in [0, 0.1) is 5.92 Å². The summed E-state index contributed by atoms with van der Waals surface area (Å²) in [6.45, 7) is 0.658. The van der Waals surface area contributed by atoms with Gasteiger partial charge in [0, 0.05) is 6.54 Å². The van der Waals surface area contributed by atoms with Gasteiger partial charge >= 0.3 is 5.97 Å². The minimum atomic E-state index is -1.14. The van der Waals surface area contributed by atoms with Crippen LogP contribution in [0.3, 0.4) is 0 Å². The molecule has 1 fully saturated rings. The maximum atomic E-state index is 11.1. The van der Waals surface area contributed by atoms with Crippen molar-refractivity contribution in [2.24, 2.45) is 11.7 Å². The summed E-state index contributed by atoms with van der Waals surface area (Å²) in [6, 6.07) is -1.09. The monoisotopic (exact) mass is 200 g/mol. The fourth-order valence-corrected chi connectivity index (χ4v) is 1.31. The smallest absolute Gasteiger partial charge is 0.321 e. The van der Waals surface area contributed by atoms with Gasteiger partial charge in [-0.3, -0.25) is 9.59 Å². The van der Waals surface area contributed by atoms with Gasteiger partial charge in [0.1, 0.15) is 6.04 Å². The highest BCUT2D eigenvalue weighted by atomic mass is 16.4. The van der Waals surface area contributed by atoms with Gasteiger partial charge in [-0.15, -0.1) is 0 Å². The third kappa shape index (κ3) is 3.33. The average molecular weight is 200 g/mol. The number of carbonyl (C=O) groups is 2. The molecule has 1 saturated carbocycles. The van der Waals surface area contributed by atoms with Crippen molar-refractivity contribution in [1.82, 2.24) is 5.32 Å². The molecule has 0 bridgehead atoms. The second kappa shape index (κ2) is 4.95. The molecule has 14 heavy (non-hydrogen) atoms. The number of nitrogens with one attached hydrogen (secondary N) is 1. The molecule has 80 valence electrons. The van der Waals surface area contributed by atoms with Crippen molar-refractivity contribution in [3.63, 3.8) is 0 Å². The van der Waals surface area contributed by atoms with Crippen LogP contribution in [0.4, 0.5) is 0 Å². The molecule has 0 heterocycles. The van der Waals surface area contributed by atoms with Gasteiger partial charge in [0.15, 0.2) is 0 Å². The fraction of sp³-hybridized carbons (Fsp3) is 0.778. The summed E-state index contributed by atoms with van der Waals surface area (Å²) >= 11 is 0. The number of aliphatic carboxylic acids is 1. The van der Waals surface area contributed by atoms with E-state index in [0.717, 1.165) is 12.8 Å². The topological polar surface area (TPSA) is 92.4 Å². The minimum Gasteiger partial charge on any atom is -0.480 e. The zero-order chi connectivity index (χ0) is 10.6. The average Bonchev–Trinajstić information content (AvgIpc) is 2.00. The molecule has 0 aromatic rings. The van der Waals surface area contributed by atoms with Gasteiger partial charge < -0.3 is 16.2 Å². The Hall–Kier alpha value is -1.10. The van der Waals surface area contributed by atoms with E-state index in [0.29, 0.717) is 12.5 Å². The van der Waals surface area contributed by atoms with Gasteiger partial charge in [0.25, 0.3) is 0 Å². The van der Waals surface area contributed by atoms with E-state index in [9.17, 15) is 9.59 Å². The number of carboxylic acid groups (broad SMARTS) is 1. The van der Waals surface area contributed by atoms with E-state index < -0.39 is 12.0 Å². The Morgan fingerprint density at radius 2 is 2.14 bits per heavy atom. The van der Waals surface area contributed by atoms with Crippen LogP contribution in [-0.2, 0) is 9.59 Å². The second-order valence-electron chi connectivity index (χ2n) is 3.75. The number of rotatable bonds is 5. The number of amides is 1. The van der Waals surface area contributed by atoms with Crippen LogP contribution in [0.2, 0.25) is 0 Å². The highest BCUT2D eigenvalue weighted by molar-refractivity contribution is 5.84. The van der Waals surface area contributed by atoms with Crippen LogP contribution < -0.4 is 11.1 Å². The van der Waals surface area contributed by atoms with Crippen LogP contribution in [-0.4, -0.2) is 29.6 Å². The molecule has 1 amide bonds. The molecular formula is C9H16N2O3. The highest BCUT2D eigenvalue weighted by Gasteiger charge is 2.20. The number of hydrogen-bond donors (Lipinski definition) is 3. The largest absolute Gasteiger partial charge is 0.480 e. The van der Waals surface area contributed by atoms with Crippen molar-refractivity contribution < 1.29 is 14.7 Å². The number of carboxylic acids is 1. The van der Waals surface area contributed by atoms with Crippen molar-refractivity contribution in [2.75, 3.05) is 6.54 Å². The number of nitrogens with two attached hydrogens (primary N) is 1. The summed E-state index contributed by atoms with van der Waals surface area (Å²) in [5.41, 5.74) is 5.21. The molecule has 0 aromatic carbocycles. The Bertz CT molecular complexity index is 226. The molecule has 1 aliphatic rings. The molecule has 0 radical (unpaired) electrons. The first kappa shape index (κ1) is 11.0. The van der Waals surface area contributed by atoms with Crippen molar-refractivity contribution in [2.45, 2.75) is 31.7 Å². The molecular weight excluding hydrogens is 184 g/mol. The maximum Gasteiger partial charge on any atom is 0.321 e. The molecule has 0 spiro atoms. The molecule has 1 rings (SSSR count). The van der Waals surface area contributed by atoms with E-state index in [-0.39, 0.29) is 12.3 Å². The quantitative estimate of drug-likeness (QED) is 0.568. The van der Waals surface area contributed by atoms with Crippen LogP contribution in [0.15, 0.2) is 0 Å². The molecule has 0 aromatic heterocycles. The Labute approximate surface area is 82.7 Å². The van der Waals surface area contributed by atoms with E-state index in [1.165, 1.54) is 6.42 Å². The van der Waals surface area contributed by atoms with Crippen LogP contribution in [0.25, 0.3) is 0 Å². The van der Waals surface area contributed by atoms with Gasteiger partial charge in [0.2, 0.25) is 5.91 Å². The molecule has 1 atom stereocenters. The molecule has 4 N–H and O–H groups in total. The lowest BCUT2D eigenvalue weighted by Crippen LogP contribution is -2.39. The van der Waals surface area contributed by atoms with E-state index >= 15 is 0 Å². The lowest BCUT2D eigenvalue weighted by molar-refractivity contribution is -0.140. The summed E-state index contributed by atoms with van der Waals surface area (Å²) in [5, 5.41) is 11.1. The zero-order valence-electron chi connectivity index (χ0n) is 8.03. The van der Waals surface area contributed by atoms with Gasteiger partial charge in [-0.2, -0.15) is 0 Å². The molecule has 5 nitrogen and oxygen atoms in total. The summed E-state index contributed by atoms with van der Waals surface area (Å²) in [6.07, 6.45) is 3.41. The van der Waals surface area contributed by atoms with E-state index in [4.69, 9.17) is 10.8 Å². The summed E-state index contributed by atoms with van der Waals surface area (Å²) in [5.74, 6) is -0.824. The normalized spacial score (nSPS) is 18.4. The van der Waals surface area contributed by atoms with Gasteiger partial charge in [-0.25, -0.2) is 0 Å². The lowest BCUT2D eigenvalue weighted by Gasteiger charge is -2.25. The van der Waals surface area contributed by atoms with Gasteiger partial charge in [-0.05, 0) is 18.8 Å². The molecule has 5 heteroatoms. The number of hydrogen-bond acceptors (Lipinski definition) is 3. The minimum absolute atomic E-state index is 0.137. The number of carbonyl (C=O) groups excluding carboxylic acids is 1. The van der Waals surface area contributed by atoms with Crippen molar-refractivity contribution in [1.29, 1.82) is 0 Å². The summed E-state index contributed by atoms with van der Waals surface area (Å²) in [7, 11) is 0. The third-order valence-corrected chi connectivity index (χ3v) is 2.54. The van der Waals surface area contributed by atoms with Crippen LogP contribution >= 0.6 is 0 Å². The molecule has 1 unspecified atom stereocenters. The van der Waals surface area contributed by atoms with E-state index in [1.54, 1.807) is 0 Å². The molecule has 0 saturated heterocycles. The summed E-state index contributed by atoms with van der Waals surface area (Å²) < 4.78 is 0. The van der Waals surface area contributed by atoms with Crippen LogP contribution in [0.1, 0.15) is 25.7 Å². The highest BCUT2D eigenvalue weighted by Crippen LogP contribution is 2.25. The SMILES string of the molecule is NC(CC(=O)NCC1CCC1)C(=O)O. The predicted molar refractivity (Wildman–Crippen MR) is 50.6 cm³/mol. The first-order valence-electron chi connectivity index (χ1n) is 4.84. The van der Waals surface area contributed by atoms with Gasteiger partial charge in [0.05, 0.1) is 6.42 Å². The fourth-order valence-electron chi connectivity index (χ4n) is 1.31. The lowest BCUT2D eigenvalue weighted by atomic mass is 9.85. The van der Waals surface area contributed by atoms with Crippen molar-refractivity contribution in [3.8, 4) is 0 Å². The summed E-state index contributed by atoms with van der Waals surface area (Å²) in [4.78, 5) is 21.5. The van der Waals surface area contributed by atoms with Gasteiger partial charge in [-0.1, -0.05) is 6.42 Å². The van der Waals surface area contributed by atoms with E-state index in [1.807, 2.05) is 0 Å². The Kier molecular flexibility index (Phi) is 3.88. The van der Waals surface area contributed by atoms with Crippen LogP contribution in [0.5, 0.6) is 0 Å². The predicted octanol–water partition coefficient (Wildman–Crippen LogP) is -0.295.